The highest BCUT2D eigenvalue weighted by molar-refractivity contribution is 8.13. The molecule has 4 rings (SSSR count). The van der Waals surface area contributed by atoms with Crippen LogP contribution in [0.5, 0.6) is 0 Å². The predicted molar refractivity (Wildman–Crippen MR) is 105 cm³/mol. The van der Waals surface area contributed by atoms with Crippen LogP contribution in [0.25, 0.3) is 0 Å². The van der Waals surface area contributed by atoms with Gasteiger partial charge in [-0.25, -0.2) is 17.2 Å². The van der Waals surface area contributed by atoms with Crippen molar-refractivity contribution in [2.24, 2.45) is 0 Å². The summed E-state index contributed by atoms with van der Waals surface area (Å²) in [4.78, 5) is 5.77. The number of nitrogens with zero attached hydrogens (tertiary/aromatic N) is 2. The van der Waals surface area contributed by atoms with E-state index in [1.165, 1.54) is 18.6 Å². The molecule has 1 saturated heterocycles. The minimum Gasteiger partial charge on any atom is -0.296 e. The van der Waals surface area contributed by atoms with Crippen molar-refractivity contribution >= 4 is 19.7 Å². The van der Waals surface area contributed by atoms with Gasteiger partial charge in [-0.2, -0.15) is 0 Å². The molecule has 1 atom stereocenters. The van der Waals surface area contributed by atoms with E-state index in [1.807, 2.05) is 18.2 Å². The van der Waals surface area contributed by atoms with Crippen LogP contribution in [0.1, 0.15) is 49.3 Å². The molecule has 0 bridgehead atoms. The van der Waals surface area contributed by atoms with Gasteiger partial charge in [0.1, 0.15) is 0 Å². The fourth-order valence-corrected chi connectivity index (χ4v) is 4.60. The Morgan fingerprint density at radius 2 is 1.75 bits per heavy atom. The second-order valence-corrected chi connectivity index (χ2v) is 9.63. The minimum atomic E-state index is -4.00. The normalized spacial score (nSPS) is 21.9. The van der Waals surface area contributed by atoms with E-state index >= 15 is 0 Å². The summed E-state index contributed by atoms with van der Waals surface area (Å²) >= 11 is 0. The molecule has 0 saturated carbocycles. The van der Waals surface area contributed by atoms with Crippen molar-refractivity contribution in [2.45, 2.75) is 49.0 Å². The lowest BCUT2D eigenvalue weighted by atomic mass is 9.83. The van der Waals surface area contributed by atoms with E-state index in [4.69, 9.17) is 10.7 Å². The monoisotopic (exact) mass is 428 g/mol. The highest BCUT2D eigenvalue weighted by Crippen LogP contribution is 2.47. The number of benzene rings is 1. The summed E-state index contributed by atoms with van der Waals surface area (Å²) in [6, 6.07) is 9.55. The van der Waals surface area contributed by atoms with Crippen LogP contribution in [0.3, 0.4) is 0 Å². The first-order valence-corrected chi connectivity index (χ1v) is 11.7. The third-order valence-corrected chi connectivity index (χ3v) is 6.54. The quantitative estimate of drug-likeness (QED) is 0.624. The molecule has 1 unspecified atom stereocenters. The van der Waals surface area contributed by atoms with Crippen LogP contribution in [0.15, 0.2) is 53.7 Å². The Bertz CT molecular complexity index is 862. The number of piperidine rings is 1. The second-order valence-electron chi connectivity index (χ2n) is 7.07. The molecule has 152 valence electrons. The van der Waals surface area contributed by atoms with Crippen molar-refractivity contribution < 1.29 is 17.2 Å². The van der Waals surface area contributed by atoms with Crippen molar-refractivity contribution in [3.05, 3.63) is 59.9 Å². The first kappa shape index (κ1) is 21.1. The third kappa shape index (κ3) is 5.07. The molecule has 0 amide bonds. The number of pyridine rings is 1. The smallest absolute Gasteiger partial charge is 0.273 e. The Morgan fingerprint density at radius 3 is 2.29 bits per heavy atom. The van der Waals surface area contributed by atoms with Crippen LogP contribution in [0.2, 0.25) is 0 Å². The lowest BCUT2D eigenvalue weighted by Crippen LogP contribution is -2.38. The number of likely N-dealkylation sites (tertiary alicyclic amines) is 1. The highest BCUT2D eigenvalue weighted by Gasteiger charge is 2.42. The van der Waals surface area contributed by atoms with Crippen molar-refractivity contribution in [3.63, 3.8) is 0 Å². The first-order chi connectivity index (χ1) is 13.3. The van der Waals surface area contributed by atoms with E-state index < -0.39 is 15.0 Å². The molecule has 1 aliphatic carbocycles. The summed E-state index contributed by atoms with van der Waals surface area (Å²) in [5, 5.41) is 0. The number of alkyl halides is 2. The topological polar surface area (TPSA) is 50.3 Å². The van der Waals surface area contributed by atoms with Gasteiger partial charge in [0, 0.05) is 41.1 Å². The predicted octanol–water partition coefficient (Wildman–Crippen LogP) is 5.11. The molecular formula is C20H23ClF2N2O2S. The van der Waals surface area contributed by atoms with E-state index in [0.717, 1.165) is 32.0 Å². The molecule has 1 aromatic carbocycles. The molecule has 1 aliphatic heterocycles. The number of hydrogen-bond acceptors (Lipinski definition) is 4. The largest absolute Gasteiger partial charge is 0.296 e. The molecule has 8 heteroatoms. The Morgan fingerprint density at radius 1 is 1.07 bits per heavy atom. The summed E-state index contributed by atoms with van der Waals surface area (Å²) in [5.74, 6) is -3.00. The zero-order valence-corrected chi connectivity index (χ0v) is 17.0. The van der Waals surface area contributed by atoms with Gasteiger partial charge in [-0.1, -0.05) is 18.6 Å². The Hall–Kier alpha value is -1.57. The number of rotatable bonds is 2. The average Bonchev–Trinajstić information content (AvgIpc) is 2.70. The maximum atomic E-state index is 14.2. The van der Waals surface area contributed by atoms with E-state index in [9.17, 15) is 17.2 Å². The summed E-state index contributed by atoms with van der Waals surface area (Å²) in [5.41, 5.74) is 0.360. The zero-order valence-electron chi connectivity index (χ0n) is 15.4. The lowest BCUT2D eigenvalue weighted by Gasteiger charge is -2.40. The van der Waals surface area contributed by atoms with E-state index in [2.05, 4.69) is 9.88 Å². The third-order valence-electron chi connectivity index (χ3n) is 5.19. The SMILES string of the molecule is O=S(=O)(Cl)c1ccc2c(c1)C(F)(F)CCC2N1CCCCC1.c1ccncc1. The molecular weight excluding hydrogens is 406 g/mol. The van der Waals surface area contributed by atoms with E-state index in [0.29, 0.717) is 12.0 Å². The van der Waals surface area contributed by atoms with Crippen molar-refractivity contribution in [1.29, 1.82) is 0 Å². The minimum absolute atomic E-state index is 0.0537. The maximum absolute atomic E-state index is 14.2. The van der Waals surface area contributed by atoms with Gasteiger partial charge in [-0.05, 0) is 62.2 Å². The van der Waals surface area contributed by atoms with Gasteiger partial charge in [-0.3, -0.25) is 9.88 Å². The molecule has 1 aromatic heterocycles. The number of fused-ring (bicyclic) bond motifs is 1. The van der Waals surface area contributed by atoms with Crippen LogP contribution in [-0.4, -0.2) is 31.4 Å². The molecule has 0 spiro atoms. The molecule has 2 aromatic rings. The summed E-state index contributed by atoms with van der Waals surface area (Å²) in [6.45, 7) is 1.82. The van der Waals surface area contributed by atoms with Crippen molar-refractivity contribution in [2.75, 3.05) is 13.1 Å². The molecule has 0 N–H and O–H groups in total. The van der Waals surface area contributed by atoms with Gasteiger partial charge in [0.15, 0.2) is 0 Å². The Labute approximate surface area is 169 Å². The molecule has 2 heterocycles. The number of hydrogen-bond donors (Lipinski definition) is 0. The summed E-state index contributed by atoms with van der Waals surface area (Å²) in [6.07, 6.45) is 6.97. The number of halogens is 3. The summed E-state index contributed by atoms with van der Waals surface area (Å²) < 4.78 is 51.3. The van der Waals surface area contributed by atoms with Crippen LogP contribution >= 0.6 is 10.7 Å². The van der Waals surface area contributed by atoms with E-state index in [-0.39, 0.29) is 22.9 Å². The van der Waals surface area contributed by atoms with Crippen LogP contribution in [0, 0.1) is 0 Å². The average molecular weight is 429 g/mol. The number of aromatic nitrogens is 1. The molecule has 0 radical (unpaired) electrons. The first-order valence-electron chi connectivity index (χ1n) is 9.35. The molecule has 2 aliphatic rings. The summed E-state index contributed by atoms with van der Waals surface area (Å²) in [7, 11) is 1.29. The zero-order chi connectivity index (χ0) is 20.2. The maximum Gasteiger partial charge on any atom is 0.273 e. The molecule has 4 nitrogen and oxygen atoms in total. The van der Waals surface area contributed by atoms with Crippen molar-refractivity contribution in [3.8, 4) is 0 Å². The Kier molecular flexibility index (Phi) is 6.68. The fraction of sp³-hybridized carbons (Fsp3) is 0.450. The van der Waals surface area contributed by atoms with E-state index in [1.54, 1.807) is 12.4 Å². The van der Waals surface area contributed by atoms with Crippen molar-refractivity contribution in [1.82, 2.24) is 9.88 Å². The van der Waals surface area contributed by atoms with Gasteiger partial charge in [0.05, 0.1) is 4.90 Å². The van der Waals surface area contributed by atoms with Gasteiger partial charge in [0.25, 0.3) is 15.0 Å². The fourth-order valence-electron chi connectivity index (χ4n) is 3.82. The van der Waals surface area contributed by atoms with Gasteiger partial charge >= 0.3 is 0 Å². The standard InChI is InChI=1S/C15H18ClF2NO2S.C5H5N/c16-22(20,21)11-4-5-12-13(10-11)15(17,18)7-6-14(12)19-8-2-1-3-9-19;1-2-4-6-5-3-1/h4-5,10,14H,1-3,6-9H2;1-5H. The lowest BCUT2D eigenvalue weighted by molar-refractivity contribution is -0.0368. The highest BCUT2D eigenvalue weighted by atomic mass is 35.7. The molecule has 28 heavy (non-hydrogen) atoms. The second kappa shape index (κ2) is 8.84. The van der Waals surface area contributed by atoms with Crippen LogP contribution < -0.4 is 0 Å². The van der Waals surface area contributed by atoms with Gasteiger partial charge in [-0.15, -0.1) is 0 Å². The van der Waals surface area contributed by atoms with Crippen LogP contribution in [0.4, 0.5) is 8.78 Å². The molecule has 1 fully saturated rings. The van der Waals surface area contributed by atoms with Crippen LogP contribution in [-0.2, 0) is 15.0 Å². The Balaban J connectivity index is 0.000000320. The van der Waals surface area contributed by atoms with Gasteiger partial charge in [0.2, 0.25) is 0 Å². The van der Waals surface area contributed by atoms with Gasteiger partial charge < -0.3 is 0 Å².